The van der Waals surface area contributed by atoms with Gasteiger partial charge in [-0.2, -0.15) is 0 Å². The van der Waals surface area contributed by atoms with Crippen LogP contribution in [-0.2, 0) is 11.2 Å². The Balaban J connectivity index is 1.47. The van der Waals surface area contributed by atoms with Crippen molar-refractivity contribution in [3.05, 3.63) is 34.9 Å². The van der Waals surface area contributed by atoms with Gasteiger partial charge < -0.3 is 25.8 Å². The Bertz CT molecular complexity index is 941. The van der Waals surface area contributed by atoms with E-state index in [0.29, 0.717) is 36.6 Å². The molecule has 0 aromatic heterocycles. The van der Waals surface area contributed by atoms with Gasteiger partial charge in [0.15, 0.2) is 0 Å². The molecular formula is C32H52ClN5O2. The molecule has 4 rings (SSSR count). The molecule has 0 bridgehead atoms. The van der Waals surface area contributed by atoms with Crippen molar-refractivity contribution >= 4 is 23.5 Å². The Labute approximate surface area is 247 Å². The van der Waals surface area contributed by atoms with Crippen LogP contribution in [-0.4, -0.2) is 83.0 Å². The van der Waals surface area contributed by atoms with Gasteiger partial charge in [0.25, 0.3) is 0 Å². The van der Waals surface area contributed by atoms with Gasteiger partial charge in [-0.3, -0.25) is 4.79 Å². The van der Waals surface area contributed by atoms with Gasteiger partial charge >= 0.3 is 6.03 Å². The average molecular weight is 574 g/mol. The van der Waals surface area contributed by atoms with Gasteiger partial charge in [-0.1, -0.05) is 49.9 Å². The molecule has 40 heavy (non-hydrogen) atoms. The number of nitrogens with two attached hydrogens (primary N) is 1. The molecule has 1 aliphatic heterocycles. The van der Waals surface area contributed by atoms with Gasteiger partial charge in [0, 0.05) is 55.4 Å². The second kappa shape index (κ2) is 14.9. The van der Waals surface area contributed by atoms with Gasteiger partial charge in [0.1, 0.15) is 0 Å². The minimum Gasteiger partial charge on any atom is -0.341 e. The fourth-order valence-corrected chi connectivity index (χ4v) is 7.32. The molecular weight excluding hydrogens is 522 g/mol. The fraction of sp³-hybridized carbons (Fsp3) is 0.750. The monoisotopic (exact) mass is 573 g/mol. The normalized spacial score (nSPS) is 26.8. The number of likely N-dealkylation sites (tertiary alicyclic amines) is 1. The van der Waals surface area contributed by atoms with Gasteiger partial charge in [-0.25, -0.2) is 4.79 Å². The molecule has 0 spiro atoms. The number of benzene rings is 1. The van der Waals surface area contributed by atoms with Crippen molar-refractivity contribution in [2.45, 2.75) is 122 Å². The molecule has 3 N–H and O–H groups in total. The Morgan fingerprint density at radius 1 is 1.00 bits per heavy atom. The van der Waals surface area contributed by atoms with Crippen LogP contribution in [0, 0.1) is 5.92 Å². The minimum atomic E-state index is -0.281. The Morgan fingerprint density at radius 3 is 2.25 bits per heavy atom. The van der Waals surface area contributed by atoms with Crippen LogP contribution in [0.25, 0.3) is 0 Å². The first-order valence-corrected chi connectivity index (χ1v) is 16.3. The number of nitrogens with zero attached hydrogens (tertiary/aromatic N) is 3. The Hall–Kier alpha value is -1.83. The van der Waals surface area contributed by atoms with Crippen LogP contribution in [0.1, 0.15) is 90.5 Å². The van der Waals surface area contributed by atoms with Crippen molar-refractivity contribution in [1.82, 2.24) is 20.0 Å². The zero-order chi connectivity index (χ0) is 28.6. The molecule has 2 unspecified atom stereocenters. The molecule has 224 valence electrons. The summed E-state index contributed by atoms with van der Waals surface area (Å²) in [6.45, 7) is 9.21. The van der Waals surface area contributed by atoms with E-state index in [1.807, 2.05) is 29.2 Å². The van der Waals surface area contributed by atoms with Crippen LogP contribution in [0.2, 0.25) is 5.02 Å². The maximum Gasteiger partial charge on any atom is 0.320 e. The predicted octanol–water partition coefficient (Wildman–Crippen LogP) is 5.44. The van der Waals surface area contributed by atoms with Crippen molar-refractivity contribution in [3.63, 3.8) is 0 Å². The summed E-state index contributed by atoms with van der Waals surface area (Å²) in [7, 11) is 0. The smallest absolute Gasteiger partial charge is 0.320 e. The summed E-state index contributed by atoms with van der Waals surface area (Å²) >= 11 is 6.14. The van der Waals surface area contributed by atoms with E-state index in [2.05, 4.69) is 35.9 Å². The summed E-state index contributed by atoms with van der Waals surface area (Å²) in [4.78, 5) is 34.2. The van der Waals surface area contributed by atoms with E-state index in [1.54, 1.807) is 0 Å². The molecule has 3 aliphatic rings. The quantitative estimate of drug-likeness (QED) is 0.412. The van der Waals surface area contributed by atoms with E-state index in [4.69, 9.17) is 17.3 Å². The van der Waals surface area contributed by atoms with Crippen LogP contribution < -0.4 is 11.1 Å². The van der Waals surface area contributed by atoms with Crippen LogP contribution in [0.5, 0.6) is 0 Å². The van der Waals surface area contributed by atoms with Gasteiger partial charge in [-0.15, -0.1) is 0 Å². The zero-order valence-electron chi connectivity index (χ0n) is 25.0. The van der Waals surface area contributed by atoms with Gasteiger partial charge in [0.05, 0.1) is 6.04 Å². The fourth-order valence-electron chi connectivity index (χ4n) is 7.20. The number of nitrogens with one attached hydrogen (secondary N) is 1. The van der Waals surface area contributed by atoms with Crippen LogP contribution in [0.3, 0.4) is 0 Å². The highest BCUT2D eigenvalue weighted by Crippen LogP contribution is 2.32. The van der Waals surface area contributed by atoms with Gasteiger partial charge in [-0.05, 0) is 88.8 Å². The SMILES string of the molecule is CCN(CC)C(=O)N(C1CCCCC1)C1CCN(C(=O)[C@@H](Cc2ccc(Cl)cc2)NC2CCC(N)CC2)CC1C. The number of rotatable bonds is 9. The number of hydrogen-bond donors (Lipinski definition) is 2. The maximum atomic E-state index is 14.1. The second-order valence-electron chi connectivity index (χ2n) is 12.4. The molecule has 1 heterocycles. The topological polar surface area (TPSA) is 81.9 Å². The summed E-state index contributed by atoms with van der Waals surface area (Å²) in [5, 5.41) is 4.44. The van der Waals surface area contributed by atoms with Crippen LogP contribution in [0.4, 0.5) is 4.79 Å². The largest absolute Gasteiger partial charge is 0.341 e. The third-order valence-corrected chi connectivity index (χ3v) is 9.86. The highest BCUT2D eigenvalue weighted by atomic mass is 35.5. The summed E-state index contributed by atoms with van der Waals surface area (Å²) in [5.74, 6) is 0.400. The molecule has 3 atom stereocenters. The average Bonchev–Trinajstić information content (AvgIpc) is 2.97. The molecule has 1 saturated heterocycles. The number of halogens is 1. The van der Waals surface area contributed by atoms with E-state index in [0.717, 1.165) is 63.6 Å². The summed E-state index contributed by atoms with van der Waals surface area (Å²) in [6.07, 6.45) is 11.3. The van der Waals surface area contributed by atoms with Crippen molar-refractivity contribution < 1.29 is 9.59 Å². The van der Waals surface area contributed by atoms with E-state index in [-0.39, 0.29) is 36.0 Å². The lowest BCUT2D eigenvalue weighted by molar-refractivity contribution is -0.136. The summed E-state index contributed by atoms with van der Waals surface area (Å²) < 4.78 is 0. The minimum absolute atomic E-state index is 0.169. The van der Waals surface area contributed by atoms with E-state index in [9.17, 15) is 9.59 Å². The molecule has 1 aromatic carbocycles. The van der Waals surface area contributed by atoms with E-state index < -0.39 is 0 Å². The molecule has 3 fully saturated rings. The molecule has 0 radical (unpaired) electrons. The molecule has 1 aromatic rings. The van der Waals surface area contributed by atoms with Gasteiger partial charge in [0.2, 0.25) is 5.91 Å². The number of amides is 3. The lowest BCUT2D eigenvalue weighted by atomic mass is 9.87. The number of carbonyl (C=O) groups is 2. The highest BCUT2D eigenvalue weighted by molar-refractivity contribution is 6.30. The van der Waals surface area contributed by atoms with Crippen molar-refractivity contribution in [1.29, 1.82) is 0 Å². The first-order valence-electron chi connectivity index (χ1n) is 15.9. The first-order chi connectivity index (χ1) is 19.3. The lowest BCUT2D eigenvalue weighted by Gasteiger charge is -2.48. The standard InChI is InChI=1S/C32H52ClN5O2/c1-4-36(5-2)32(40)38(28-9-7-6-8-10-28)30-19-20-37(22-23(30)3)31(39)29(21-24-11-13-25(33)14-12-24)35-27-17-15-26(34)16-18-27/h11-14,23,26-30,35H,4-10,15-22,34H2,1-3H3/t23?,26?,27?,29-,30?/m1/s1. The maximum absolute atomic E-state index is 14.1. The molecule has 2 aliphatic carbocycles. The lowest BCUT2D eigenvalue weighted by Crippen LogP contribution is -2.61. The zero-order valence-corrected chi connectivity index (χ0v) is 25.7. The van der Waals surface area contributed by atoms with Crippen molar-refractivity contribution in [2.75, 3.05) is 26.2 Å². The number of piperidine rings is 1. The molecule has 3 amide bonds. The number of urea groups is 1. The van der Waals surface area contributed by atoms with Crippen molar-refractivity contribution in [2.24, 2.45) is 11.7 Å². The molecule has 7 nitrogen and oxygen atoms in total. The van der Waals surface area contributed by atoms with Crippen LogP contribution in [0.15, 0.2) is 24.3 Å². The Morgan fingerprint density at radius 2 is 1.65 bits per heavy atom. The van der Waals surface area contributed by atoms with Crippen molar-refractivity contribution in [3.8, 4) is 0 Å². The Kier molecular flexibility index (Phi) is 11.6. The number of hydrogen-bond acceptors (Lipinski definition) is 4. The van der Waals surface area contributed by atoms with E-state index >= 15 is 0 Å². The highest BCUT2D eigenvalue weighted by Gasteiger charge is 2.40. The molecule has 2 saturated carbocycles. The summed E-state index contributed by atoms with van der Waals surface area (Å²) in [5.41, 5.74) is 7.27. The third kappa shape index (κ3) is 7.92. The number of carbonyl (C=O) groups excluding carboxylic acids is 2. The molecule has 8 heteroatoms. The third-order valence-electron chi connectivity index (χ3n) is 9.61. The van der Waals surface area contributed by atoms with E-state index in [1.165, 1.54) is 19.3 Å². The first kappa shape index (κ1) is 31.1. The predicted molar refractivity (Wildman–Crippen MR) is 163 cm³/mol. The second-order valence-corrected chi connectivity index (χ2v) is 12.9. The summed E-state index contributed by atoms with van der Waals surface area (Å²) in [6, 6.07) is 8.82. The van der Waals surface area contributed by atoms with Crippen LogP contribution >= 0.6 is 11.6 Å².